The highest BCUT2D eigenvalue weighted by Crippen LogP contribution is 2.39. The van der Waals surface area contributed by atoms with Crippen LogP contribution >= 0.6 is 0 Å². The Hall–Kier alpha value is -2.73. The van der Waals surface area contributed by atoms with E-state index in [2.05, 4.69) is 11.0 Å². The van der Waals surface area contributed by atoms with Crippen molar-refractivity contribution in [1.82, 2.24) is 4.90 Å². The maximum absolute atomic E-state index is 11.6. The lowest BCUT2D eigenvalue weighted by atomic mass is 9.91. The first kappa shape index (κ1) is 18.6. The van der Waals surface area contributed by atoms with Crippen molar-refractivity contribution in [1.29, 1.82) is 0 Å². The van der Waals surface area contributed by atoms with E-state index in [9.17, 15) is 9.90 Å². The van der Waals surface area contributed by atoms with Crippen molar-refractivity contribution in [3.8, 4) is 17.2 Å². The van der Waals surface area contributed by atoms with Crippen LogP contribution in [0.2, 0.25) is 0 Å². The molecule has 2 aliphatic heterocycles. The number of carbonyl (C=O) groups is 1. The van der Waals surface area contributed by atoms with Gasteiger partial charge in [-0.25, -0.2) is 0 Å². The van der Waals surface area contributed by atoms with Gasteiger partial charge < -0.3 is 19.3 Å². The topological polar surface area (TPSA) is 68.2 Å². The van der Waals surface area contributed by atoms with E-state index in [0.717, 1.165) is 47.8 Å². The van der Waals surface area contributed by atoms with Gasteiger partial charge in [0.25, 0.3) is 0 Å². The van der Waals surface area contributed by atoms with Crippen molar-refractivity contribution in [2.45, 2.75) is 25.8 Å². The summed E-state index contributed by atoms with van der Waals surface area (Å²) in [4.78, 5) is 13.9. The normalized spacial score (nSPS) is 20.0. The number of likely N-dealkylation sites (tertiary alicyclic amines) is 1. The number of rotatable bonds is 6. The van der Waals surface area contributed by atoms with Crippen LogP contribution in [0.15, 0.2) is 42.5 Å². The zero-order valence-electron chi connectivity index (χ0n) is 16.0. The molecule has 0 radical (unpaired) electrons. The Morgan fingerprint density at radius 1 is 1.21 bits per heavy atom. The highest BCUT2D eigenvalue weighted by molar-refractivity contribution is 5.70. The number of ether oxygens (including phenoxy) is 3. The number of benzene rings is 2. The van der Waals surface area contributed by atoms with Crippen molar-refractivity contribution < 1.29 is 24.1 Å². The van der Waals surface area contributed by atoms with E-state index in [1.807, 2.05) is 43.3 Å². The molecule has 1 fully saturated rings. The van der Waals surface area contributed by atoms with E-state index in [1.165, 1.54) is 0 Å². The average Bonchev–Trinajstić information content (AvgIpc) is 3.17. The summed E-state index contributed by atoms with van der Waals surface area (Å²) in [5, 5.41) is 9.54. The number of carboxylic acid groups (broad SMARTS) is 1. The predicted octanol–water partition coefficient (Wildman–Crippen LogP) is 3.70. The molecular formula is C22H25NO5. The fraction of sp³-hybridized carbons (Fsp3) is 0.409. The Kier molecular flexibility index (Phi) is 5.39. The third-order valence-electron chi connectivity index (χ3n) is 5.36. The molecule has 28 heavy (non-hydrogen) atoms. The second-order valence-corrected chi connectivity index (χ2v) is 7.19. The van der Waals surface area contributed by atoms with Crippen molar-refractivity contribution in [3.63, 3.8) is 0 Å². The van der Waals surface area contributed by atoms with Crippen LogP contribution in [0.4, 0.5) is 0 Å². The molecule has 0 bridgehead atoms. The van der Waals surface area contributed by atoms with Gasteiger partial charge in [-0.2, -0.15) is 0 Å². The SMILES string of the molecule is CCOc1cccc(C(c2ccc3c(c2)OCO3)N2CCCC(C(=O)O)C2)c1. The largest absolute Gasteiger partial charge is 0.494 e. The van der Waals surface area contributed by atoms with Crippen LogP contribution in [-0.2, 0) is 4.79 Å². The van der Waals surface area contributed by atoms with Crippen LogP contribution in [0.5, 0.6) is 17.2 Å². The summed E-state index contributed by atoms with van der Waals surface area (Å²) in [5.41, 5.74) is 2.14. The Morgan fingerprint density at radius 2 is 2.04 bits per heavy atom. The molecule has 148 valence electrons. The van der Waals surface area contributed by atoms with E-state index >= 15 is 0 Å². The summed E-state index contributed by atoms with van der Waals surface area (Å²) < 4.78 is 16.7. The summed E-state index contributed by atoms with van der Waals surface area (Å²) >= 11 is 0. The fourth-order valence-corrected chi connectivity index (χ4v) is 4.08. The van der Waals surface area contributed by atoms with Gasteiger partial charge in [0, 0.05) is 6.54 Å². The van der Waals surface area contributed by atoms with Crippen LogP contribution in [0.3, 0.4) is 0 Å². The summed E-state index contributed by atoms with van der Waals surface area (Å²) in [6, 6.07) is 13.9. The molecule has 6 heteroatoms. The molecule has 2 aromatic carbocycles. The van der Waals surface area contributed by atoms with Gasteiger partial charge in [0.1, 0.15) is 5.75 Å². The van der Waals surface area contributed by atoms with Crippen LogP contribution in [0.25, 0.3) is 0 Å². The smallest absolute Gasteiger partial charge is 0.307 e. The summed E-state index contributed by atoms with van der Waals surface area (Å²) in [7, 11) is 0. The van der Waals surface area contributed by atoms with Crippen molar-refractivity contribution in [3.05, 3.63) is 53.6 Å². The van der Waals surface area contributed by atoms with E-state index in [1.54, 1.807) is 0 Å². The Bertz CT molecular complexity index is 853. The minimum absolute atomic E-state index is 0.0722. The first-order valence-electron chi connectivity index (χ1n) is 9.75. The van der Waals surface area contributed by atoms with Crippen molar-refractivity contribution in [2.24, 2.45) is 5.92 Å². The first-order valence-corrected chi connectivity index (χ1v) is 9.75. The van der Waals surface area contributed by atoms with Gasteiger partial charge in [-0.1, -0.05) is 18.2 Å². The quantitative estimate of drug-likeness (QED) is 0.820. The molecule has 6 nitrogen and oxygen atoms in total. The van der Waals surface area contributed by atoms with Crippen LogP contribution in [0, 0.1) is 5.92 Å². The Labute approximate surface area is 164 Å². The zero-order chi connectivity index (χ0) is 19.5. The number of aliphatic carboxylic acids is 1. The third kappa shape index (κ3) is 3.78. The lowest BCUT2D eigenvalue weighted by molar-refractivity contribution is -0.143. The molecule has 4 rings (SSSR count). The van der Waals surface area contributed by atoms with Crippen molar-refractivity contribution in [2.75, 3.05) is 26.5 Å². The van der Waals surface area contributed by atoms with Crippen molar-refractivity contribution >= 4 is 5.97 Å². The summed E-state index contributed by atoms with van der Waals surface area (Å²) in [5.74, 6) is 1.22. The first-order chi connectivity index (χ1) is 13.7. The van der Waals surface area contributed by atoms with Gasteiger partial charge in [-0.15, -0.1) is 0 Å². The molecular weight excluding hydrogens is 358 g/mol. The number of fused-ring (bicyclic) bond motifs is 1. The molecule has 0 spiro atoms. The maximum atomic E-state index is 11.6. The number of hydrogen-bond acceptors (Lipinski definition) is 5. The van der Waals surface area contributed by atoms with E-state index in [-0.39, 0.29) is 18.8 Å². The van der Waals surface area contributed by atoms with Crippen LogP contribution in [0.1, 0.15) is 36.9 Å². The van der Waals surface area contributed by atoms with E-state index in [4.69, 9.17) is 14.2 Å². The lowest BCUT2D eigenvalue weighted by Crippen LogP contribution is -2.41. The minimum atomic E-state index is -0.725. The molecule has 2 unspecified atom stereocenters. The molecule has 0 aromatic heterocycles. The number of hydrogen-bond donors (Lipinski definition) is 1. The van der Waals surface area contributed by atoms with Crippen LogP contribution in [-0.4, -0.2) is 42.5 Å². The molecule has 0 aliphatic carbocycles. The molecule has 1 N–H and O–H groups in total. The second kappa shape index (κ2) is 8.10. The molecule has 0 amide bonds. The number of nitrogens with zero attached hydrogens (tertiary/aromatic N) is 1. The summed E-state index contributed by atoms with van der Waals surface area (Å²) in [6.07, 6.45) is 1.59. The molecule has 2 atom stereocenters. The summed E-state index contributed by atoms with van der Waals surface area (Å²) in [6.45, 7) is 4.16. The van der Waals surface area contributed by atoms with Crippen LogP contribution < -0.4 is 14.2 Å². The number of carboxylic acids is 1. The highest BCUT2D eigenvalue weighted by atomic mass is 16.7. The number of piperidine rings is 1. The highest BCUT2D eigenvalue weighted by Gasteiger charge is 2.32. The third-order valence-corrected chi connectivity index (χ3v) is 5.36. The predicted molar refractivity (Wildman–Crippen MR) is 104 cm³/mol. The molecule has 1 saturated heterocycles. The minimum Gasteiger partial charge on any atom is -0.494 e. The molecule has 2 aliphatic rings. The molecule has 0 saturated carbocycles. The molecule has 2 heterocycles. The van der Waals surface area contributed by atoms with Gasteiger partial charge in [0.2, 0.25) is 6.79 Å². The lowest BCUT2D eigenvalue weighted by Gasteiger charge is -2.37. The molecule has 2 aromatic rings. The zero-order valence-corrected chi connectivity index (χ0v) is 16.0. The van der Waals surface area contributed by atoms with Gasteiger partial charge in [-0.3, -0.25) is 9.69 Å². The monoisotopic (exact) mass is 383 g/mol. The van der Waals surface area contributed by atoms with Gasteiger partial charge in [-0.05, 0) is 61.7 Å². The second-order valence-electron chi connectivity index (χ2n) is 7.19. The fourth-order valence-electron chi connectivity index (χ4n) is 4.08. The van der Waals surface area contributed by atoms with Gasteiger partial charge in [0.05, 0.1) is 18.6 Å². The Morgan fingerprint density at radius 3 is 2.86 bits per heavy atom. The average molecular weight is 383 g/mol. The Balaban J connectivity index is 1.72. The van der Waals surface area contributed by atoms with E-state index in [0.29, 0.717) is 13.2 Å². The van der Waals surface area contributed by atoms with Gasteiger partial charge >= 0.3 is 5.97 Å². The maximum Gasteiger partial charge on any atom is 0.307 e. The van der Waals surface area contributed by atoms with E-state index < -0.39 is 5.97 Å². The van der Waals surface area contributed by atoms with Gasteiger partial charge in [0.15, 0.2) is 11.5 Å². The standard InChI is InChI=1S/C22H25NO5/c1-2-26-18-7-3-5-15(11-18)21(23-10-4-6-17(13-23)22(24)25)16-8-9-19-20(12-16)28-14-27-19/h3,5,7-9,11-12,17,21H,2,4,6,10,13-14H2,1H3,(H,24,25).